The summed E-state index contributed by atoms with van der Waals surface area (Å²) in [7, 11) is 0. The molecule has 1 heterocycles. The Morgan fingerprint density at radius 2 is 2.14 bits per heavy atom. The molecule has 3 heteroatoms. The Kier molecular flexibility index (Phi) is 3.93. The van der Waals surface area contributed by atoms with Gasteiger partial charge in [-0.1, -0.05) is 13.8 Å². The lowest BCUT2D eigenvalue weighted by Gasteiger charge is -2.46. The van der Waals surface area contributed by atoms with Crippen LogP contribution in [0.25, 0.3) is 0 Å². The van der Waals surface area contributed by atoms with Gasteiger partial charge in [-0.05, 0) is 19.8 Å². The molecule has 1 aliphatic rings. The van der Waals surface area contributed by atoms with Crippen LogP contribution in [0.1, 0.15) is 27.7 Å². The third kappa shape index (κ3) is 2.94. The SMILES string of the molecule is CC(C)CN1CC(CO)NCC1(C)C. The lowest BCUT2D eigenvalue weighted by molar-refractivity contribution is 0.0399. The van der Waals surface area contributed by atoms with Crippen LogP contribution in [-0.2, 0) is 0 Å². The minimum absolute atomic E-state index is 0.218. The normalized spacial score (nSPS) is 28.3. The number of hydrogen-bond acceptors (Lipinski definition) is 3. The first-order valence-corrected chi connectivity index (χ1v) is 5.55. The average molecular weight is 200 g/mol. The van der Waals surface area contributed by atoms with E-state index >= 15 is 0 Å². The van der Waals surface area contributed by atoms with E-state index in [1.54, 1.807) is 0 Å². The zero-order valence-electron chi connectivity index (χ0n) is 9.88. The van der Waals surface area contributed by atoms with Gasteiger partial charge in [0.25, 0.3) is 0 Å². The number of nitrogens with one attached hydrogen (secondary N) is 1. The van der Waals surface area contributed by atoms with Crippen LogP contribution in [-0.4, -0.2) is 47.8 Å². The molecular formula is C11H24N2O. The van der Waals surface area contributed by atoms with Crippen molar-refractivity contribution in [2.75, 3.05) is 26.2 Å². The number of aliphatic hydroxyl groups excluding tert-OH is 1. The van der Waals surface area contributed by atoms with Crippen molar-refractivity contribution in [3.63, 3.8) is 0 Å². The third-order valence-corrected chi connectivity index (χ3v) is 2.93. The van der Waals surface area contributed by atoms with Gasteiger partial charge in [0.2, 0.25) is 0 Å². The van der Waals surface area contributed by atoms with Gasteiger partial charge in [-0.2, -0.15) is 0 Å². The highest BCUT2D eigenvalue weighted by Gasteiger charge is 2.33. The van der Waals surface area contributed by atoms with Crippen LogP contribution in [0.4, 0.5) is 0 Å². The lowest BCUT2D eigenvalue weighted by atomic mass is 9.96. The Morgan fingerprint density at radius 1 is 1.50 bits per heavy atom. The molecule has 0 amide bonds. The summed E-state index contributed by atoms with van der Waals surface area (Å²) in [5, 5.41) is 12.5. The smallest absolute Gasteiger partial charge is 0.0597 e. The van der Waals surface area contributed by atoms with Crippen molar-refractivity contribution < 1.29 is 5.11 Å². The highest BCUT2D eigenvalue weighted by molar-refractivity contribution is 4.92. The molecule has 1 atom stereocenters. The second-order valence-electron chi connectivity index (χ2n) is 5.37. The van der Waals surface area contributed by atoms with E-state index in [0.29, 0.717) is 5.92 Å². The summed E-state index contributed by atoms with van der Waals surface area (Å²) < 4.78 is 0. The monoisotopic (exact) mass is 200 g/mol. The van der Waals surface area contributed by atoms with Crippen molar-refractivity contribution in [2.24, 2.45) is 5.92 Å². The van der Waals surface area contributed by atoms with E-state index in [1.807, 2.05) is 0 Å². The average Bonchev–Trinajstić information content (AvgIpc) is 2.08. The fourth-order valence-corrected chi connectivity index (χ4v) is 1.97. The minimum Gasteiger partial charge on any atom is -0.395 e. The van der Waals surface area contributed by atoms with Crippen molar-refractivity contribution >= 4 is 0 Å². The molecular weight excluding hydrogens is 176 g/mol. The Balaban J connectivity index is 2.56. The molecule has 0 saturated carbocycles. The Labute approximate surface area is 87.5 Å². The van der Waals surface area contributed by atoms with Crippen LogP contribution in [0.15, 0.2) is 0 Å². The summed E-state index contributed by atoms with van der Waals surface area (Å²) in [6.07, 6.45) is 0. The predicted molar refractivity (Wildman–Crippen MR) is 59.4 cm³/mol. The molecule has 2 N–H and O–H groups in total. The summed E-state index contributed by atoms with van der Waals surface area (Å²) >= 11 is 0. The molecule has 0 radical (unpaired) electrons. The van der Waals surface area contributed by atoms with Gasteiger partial charge in [0, 0.05) is 31.2 Å². The van der Waals surface area contributed by atoms with Gasteiger partial charge in [-0.3, -0.25) is 4.90 Å². The molecule has 1 rings (SSSR count). The summed E-state index contributed by atoms with van der Waals surface area (Å²) in [6.45, 7) is 12.3. The fraction of sp³-hybridized carbons (Fsp3) is 1.00. The van der Waals surface area contributed by atoms with Crippen LogP contribution in [0, 0.1) is 5.92 Å². The van der Waals surface area contributed by atoms with Crippen LogP contribution < -0.4 is 5.32 Å². The maximum Gasteiger partial charge on any atom is 0.0597 e. The number of piperazine rings is 1. The van der Waals surface area contributed by atoms with Gasteiger partial charge in [0.05, 0.1) is 6.61 Å². The molecule has 14 heavy (non-hydrogen) atoms. The molecule has 0 spiro atoms. The van der Waals surface area contributed by atoms with E-state index in [-0.39, 0.29) is 18.2 Å². The Morgan fingerprint density at radius 3 is 2.64 bits per heavy atom. The molecule has 1 aliphatic heterocycles. The highest BCUT2D eigenvalue weighted by Crippen LogP contribution is 2.19. The molecule has 84 valence electrons. The molecule has 1 unspecified atom stereocenters. The first-order valence-electron chi connectivity index (χ1n) is 5.55. The first kappa shape index (κ1) is 12.0. The van der Waals surface area contributed by atoms with Crippen molar-refractivity contribution in [2.45, 2.75) is 39.3 Å². The predicted octanol–water partition coefficient (Wildman–Crippen LogP) is 0.687. The zero-order chi connectivity index (χ0) is 10.8. The second kappa shape index (κ2) is 4.60. The topological polar surface area (TPSA) is 35.5 Å². The number of rotatable bonds is 3. The van der Waals surface area contributed by atoms with Crippen LogP contribution >= 0.6 is 0 Å². The van der Waals surface area contributed by atoms with Gasteiger partial charge in [0.15, 0.2) is 0 Å². The summed E-state index contributed by atoms with van der Waals surface area (Å²) in [4.78, 5) is 2.48. The molecule has 0 aromatic heterocycles. The molecule has 1 fully saturated rings. The minimum atomic E-state index is 0.218. The third-order valence-electron chi connectivity index (χ3n) is 2.93. The first-order chi connectivity index (χ1) is 6.45. The quantitative estimate of drug-likeness (QED) is 0.703. The maximum absolute atomic E-state index is 9.12. The van der Waals surface area contributed by atoms with E-state index in [0.717, 1.165) is 19.6 Å². The number of nitrogens with zero attached hydrogens (tertiary/aromatic N) is 1. The summed E-state index contributed by atoms with van der Waals surface area (Å²) in [6, 6.07) is 0.252. The molecule has 0 aliphatic carbocycles. The molecule has 3 nitrogen and oxygen atoms in total. The fourth-order valence-electron chi connectivity index (χ4n) is 1.97. The second-order valence-corrected chi connectivity index (χ2v) is 5.37. The van der Waals surface area contributed by atoms with Gasteiger partial charge in [-0.15, -0.1) is 0 Å². The van der Waals surface area contributed by atoms with E-state index in [2.05, 4.69) is 37.9 Å². The van der Waals surface area contributed by atoms with E-state index < -0.39 is 0 Å². The summed E-state index contributed by atoms with van der Waals surface area (Å²) in [5.74, 6) is 0.687. The van der Waals surface area contributed by atoms with E-state index in [1.165, 1.54) is 0 Å². The van der Waals surface area contributed by atoms with E-state index in [9.17, 15) is 0 Å². The molecule has 1 saturated heterocycles. The van der Waals surface area contributed by atoms with Crippen molar-refractivity contribution in [1.29, 1.82) is 0 Å². The number of hydrogen-bond donors (Lipinski definition) is 2. The highest BCUT2D eigenvalue weighted by atomic mass is 16.3. The molecule has 0 aromatic carbocycles. The van der Waals surface area contributed by atoms with Gasteiger partial charge >= 0.3 is 0 Å². The van der Waals surface area contributed by atoms with Crippen molar-refractivity contribution in [1.82, 2.24) is 10.2 Å². The summed E-state index contributed by atoms with van der Waals surface area (Å²) in [5.41, 5.74) is 0.218. The van der Waals surface area contributed by atoms with Gasteiger partial charge < -0.3 is 10.4 Å². The van der Waals surface area contributed by atoms with E-state index in [4.69, 9.17) is 5.11 Å². The van der Waals surface area contributed by atoms with Gasteiger partial charge in [-0.25, -0.2) is 0 Å². The van der Waals surface area contributed by atoms with Crippen LogP contribution in [0.5, 0.6) is 0 Å². The van der Waals surface area contributed by atoms with Crippen molar-refractivity contribution in [3.05, 3.63) is 0 Å². The standard InChI is InChI=1S/C11H24N2O/c1-9(2)5-13-6-10(7-14)12-8-11(13,3)4/h9-10,12,14H,5-8H2,1-4H3. The van der Waals surface area contributed by atoms with Crippen LogP contribution in [0.3, 0.4) is 0 Å². The van der Waals surface area contributed by atoms with Crippen molar-refractivity contribution in [3.8, 4) is 0 Å². The molecule has 0 aromatic rings. The maximum atomic E-state index is 9.12. The Bertz CT molecular complexity index is 180. The van der Waals surface area contributed by atoms with Crippen LogP contribution in [0.2, 0.25) is 0 Å². The number of aliphatic hydroxyl groups is 1. The zero-order valence-corrected chi connectivity index (χ0v) is 9.88. The largest absolute Gasteiger partial charge is 0.395 e. The van der Waals surface area contributed by atoms with Gasteiger partial charge in [0.1, 0.15) is 0 Å². The lowest BCUT2D eigenvalue weighted by Crippen LogP contribution is -2.63. The molecule has 0 bridgehead atoms. The Hall–Kier alpha value is -0.120.